The number of aryl methyl sites for hydroxylation is 1. The van der Waals surface area contributed by atoms with Gasteiger partial charge in [-0.05, 0) is 6.92 Å². The van der Waals surface area contributed by atoms with Crippen LogP contribution in [0.5, 0.6) is 0 Å². The van der Waals surface area contributed by atoms with Crippen LogP contribution in [0, 0.1) is 6.92 Å². The predicted molar refractivity (Wildman–Crippen MR) is 58.8 cm³/mol. The molecular formula is C12H12N2O. The molecule has 0 spiro atoms. The van der Waals surface area contributed by atoms with Crippen molar-refractivity contribution in [1.82, 2.24) is 9.97 Å². The molecule has 15 heavy (non-hydrogen) atoms. The van der Waals surface area contributed by atoms with Crippen molar-refractivity contribution in [2.45, 2.75) is 13.8 Å². The van der Waals surface area contributed by atoms with Crippen LogP contribution in [0.2, 0.25) is 0 Å². The fourth-order valence-electron chi connectivity index (χ4n) is 1.54. The van der Waals surface area contributed by atoms with E-state index in [4.69, 9.17) is 0 Å². The molecule has 0 aliphatic heterocycles. The molecule has 1 N–H and O–H groups in total. The van der Waals surface area contributed by atoms with Gasteiger partial charge in [0.25, 0.3) is 0 Å². The zero-order valence-corrected chi connectivity index (χ0v) is 8.74. The Balaban J connectivity index is 2.48. The summed E-state index contributed by atoms with van der Waals surface area (Å²) in [5, 5.41) is 0. The molecule has 0 amide bonds. The van der Waals surface area contributed by atoms with Crippen molar-refractivity contribution in [2.24, 2.45) is 0 Å². The minimum atomic E-state index is -0.00840. The van der Waals surface area contributed by atoms with Crippen LogP contribution in [0.4, 0.5) is 0 Å². The number of rotatable bonds is 2. The number of nitrogens with one attached hydrogen (secondary N) is 1. The molecule has 1 heterocycles. The van der Waals surface area contributed by atoms with Crippen LogP contribution >= 0.6 is 0 Å². The fraction of sp³-hybridized carbons (Fsp3) is 0.167. The summed E-state index contributed by atoms with van der Waals surface area (Å²) in [5.74, 6) is 0.740. The number of ketones is 1. The number of aromatic amines is 1. The number of H-pyrrole nitrogens is 1. The van der Waals surface area contributed by atoms with Crippen LogP contribution in [0.3, 0.4) is 0 Å². The van der Waals surface area contributed by atoms with E-state index in [2.05, 4.69) is 9.97 Å². The second-order valence-corrected chi connectivity index (χ2v) is 3.48. The largest absolute Gasteiger partial charge is 0.341 e. The molecule has 2 aromatic rings. The first-order valence-electron chi connectivity index (χ1n) is 4.81. The molecule has 3 nitrogen and oxygen atoms in total. The lowest BCUT2D eigenvalue weighted by atomic mass is 10.2. The minimum Gasteiger partial charge on any atom is -0.341 e. The maximum atomic E-state index is 11.2. The average Bonchev–Trinajstić information content (AvgIpc) is 2.62. The number of nitrogens with zero attached hydrogens (tertiary/aromatic N) is 1. The van der Waals surface area contributed by atoms with Crippen molar-refractivity contribution in [3.05, 3.63) is 41.7 Å². The SMILES string of the molecule is CC(=O)c1nc(-c2ccccc2)[nH]c1C. The molecule has 0 fully saturated rings. The van der Waals surface area contributed by atoms with E-state index >= 15 is 0 Å². The van der Waals surface area contributed by atoms with Gasteiger partial charge in [-0.1, -0.05) is 30.3 Å². The number of benzene rings is 1. The smallest absolute Gasteiger partial charge is 0.179 e. The van der Waals surface area contributed by atoms with Gasteiger partial charge in [-0.15, -0.1) is 0 Å². The number of imidazole rings is 1. The molecule has 0 saturated heterocycles. The molecule has 0 unspecified atom stereocenters. The highest BCUT2D eigenvalue weighted by Crippen LogP contribution is 2.17. The number of Topliss-reactive ketones (excluding diaryl/α,β-unsaturated/α-hetero) is 1. The Morgan fingerprint density at radius 1 is 1.27 bits per heavy atom. The quantitative estimate of drug-likeness (QED) is 0.757. The third-order valence-electron chi connectivity index (χ3n) is 2.27. The van der Waals surface area contributed by atoms with Crippen LogP contribution < -0.4 is 0 Å². The summed E-state index contributed by atoms with van der Waals surface area (Å²) in [4.78, 5) is 18.6. The van der Waals surface area contributed by atoms with Crippen molar-refractivity contribution in [3.8, 4) is 11.4 Å². The van der Waals surface area contributed by atoms with Gasteiger partial charge < -0.3 is 4.98 Å². The normalized spacial score (nSPS) is 10.3. The standard InChI is InChI=1S/C12H12N2O/c1-8-11(9(2)15)14-12(13-8)10-6-4-3-5-7-10/h3-7H,1-2H3,(H,13,14). The van der Waals surface area contributed by atoms with E-state index in [0.717, 1.165) is 17.1 Å². The van der Waals surface area contributed by atoms with Crippen molar-refractivity contribution in [1.29, 1.82) is 0 Å². The Kier molecular flexibility index (Phi) is 2.37. The summed E-state index contributed by atoms with van der Waals surface area (Å²) >= 11 is 0. The summed E-state index contributed by atoms with van der Waals surface area (Å²) in [6, 6.07) is 9.76. The lowest BCUT2D eigenvalue weighted by Crippen LogP contribution is -1.94. The first-order valence-corrected chi connectivity index (χ1v) is 4.81. The number of carbonyl (C=O) groups is 1. The van der Waals surface area contributed by atoms with Gasteiger partial charge in [0.05, 0.1) is 0 Å². The molecule has 3 heteroatoms. The van der Waals surface area contributed by atoms with Gasteiger partial charge >= 0.3 is 0 Å². The number of hydrogen-bond acceptors (Lipinski definition) is 2. The number of aromatic nitrogens is 2. The minimum absolute atomic E-state index is 0.00840. The third-order valence-corrected chi connectivity index (χ3v) is 2.27. The second kappa shape index (κ2) is 3.69. The maximum Gasteiger partial charge on any atom is 0.179 e. The van der Waals surface area contributed by atoms with E-state index in [1.165, 1.54) is 6.92 Å². The molecule has 2 rings (SSSR count). The van der Waals surface area contributed by atoms with E-state index in [-0.39, 0.29) is 5.78 Å². The molecule has 0 radical (unpaired) electrons. The topological polar surface area (TPSA) is 45.8 Å². The third kappa shape index (κ3) is 1.81. The first-order chi connectivity index (χ1) is 7.18. The first kappa shape index (κ1) is 9.65. The predicted octanol–water partition coefficient (Wildman–Crippen LogP) is 2.59. The Morgan fingerprint density at radius 3 is 2.47 bits per heavy atom. The van der Waals surface area contributed by atoms with Crippen molar-refractivity contribution < 1.29 is 4.79 Å². The van der Waals surface area contributed by atoms with Crippen LogP contribution in [-0.4, -0.2) is 15.8 Å². The molecule has 0 saturated carbocycles. The van der Waals surface area contributed by atoms with Crippen LogP contribution in [0.25, 0.3) is 11.4 Å². The Morgan fingerprint density at radius 2 is 1.93 bits per heavy atom. The van der Waals surface area contributed by atoms with Crippen LogP contribution in [0.1, 0.15) is 23.1 Å². The molecule has 1 aromatic heterocycles. The maximum absolute atomic E-state index is 11.2. The lowest BCUT2D eigenvalue weighted by Gasteiger charge is -1.93. The molecule has 76 valence electrons. The van der Waals surface area contributed by atoms with Crippen LogP contribution in [0.15, 0.2) is 30.3 Å². The van der Waals surface area contributed by atoms with Crippen molar-refractivity contribution in [3.63, 3.8) is 0 Å². The number of carbonyl (C=O) groups excluding carboxylic acids is 1. The summed E-state index contributed by atoms with van der Waals surface area (Å²) < 4.78 is 0. The molecule has 0 aliphatic rings. The van der Waals surface area contributed by atoms with E-state index < -0.39 is 0 Å². The van der Waals surface area contributed by atoms with Crippen molar-refractivity contribution >= 4 is 5.78 Å². The Labute approximate surface area is 88.2 Å². The summed E-state index contributed by atoms with van der Waals surface area (Å²) in [6.07, 6.45) is 0. The highest BCUT2D eigenvalue weighted by atomic mass is 16.1. The van der Waals surface area contributed by atoms with E-state index in [1.54, 1.807) is 0 Å². The summed E-state index contributed by atoms with van der Waals surface area (Å²) in [5.41, 5.74) is 2.34. The van der Waals surface area contributed by atoms with Gasteiger partial charge in [0, 0.05) is 18.2 Å². The Bertz CT molecular complexity index is 486. The highest BCUT2D eigenvalue weighted by molar-refractivity contribution is 5.93. The summed E-state index contributed by atoms with van der Waals surface area (Å²) in [7, 11) is 0. The second-order valence-electron chi connectivity index (χ2n) is 3.48. The van der Waals surface area contributed by atoms with E-state index in [1.807, 2.05) is 37.3 Å². The molecular weight excluding hydrogens is 188 g/mol. The fourth-order valence-corrected chi connectivity index (χ4v) is 1.54. The van der Waals surface area contributed by atoms with Gasteiger partial charge in [0.2, 0.25) is 0 Å². The average molecular weight is 200 g/mol. The van der Waals surface area contributed by atoms with Gasteiger partial charge in [0.15, 0.2) is 5.78 Å². The zero-order valence-electron chi connectivity index (χ0n) is 8.74. The Hall–Kier alpha value is -1.90. The highest BCUT2D eigenvalue weighted by Gasteiger charge is 2.11. The van der Waals surface area contributed by atoms with E-state index in [9.17, 15) is 4.79 Å². The molecule has 0 bridgehead atoms. The van der Waals surface area contributed by atoms with Gasteiger partial charge in [-0.25, -0.2) is 4.98 Å². The lowest BCUT2D eigenvalue weighted by molar-refractivity contribution is 0.101. The molecule has 1 aromatic carbocycles. The van der Waals surface area contributed by atoms with Gasteiger partial charge in [-0.2, -0.15) is 0 Å². The monoisotopic (exact) mass is 200 g/mol. The van der Waals surface area contributed by atoms with Crippen molar-refractivity contribution in [2.75, 3.05) is 0 Å². The van der Waals surface area contributed by atoms with Crippen LogP contribution in [-0.2, 0) is 0 Å². The van der Waals surface area contributed by atoms with Gasteiger partial charge in [-0.3, -0.25) is 4.79 Å². The van der Waals surface area contributed by atoms with E-state index in [0.29, 0.717) is 5.69 Å². The number of hydrogen-bond donors (Lipinski definition) is 1. The summed E-state index contributed by atoms with van der Waals surface area (Å²) in [6.45, 7) is 3.38. The molecule has 0 atom stereocenters. The molecule has 0 aliphatic carbocycles. The zero-order chi connectivity index (χ0) is 10.8. The van der Waals surface area contributed by atoms with Gasteiger partial charge in [0.1, 0.15) is 11.5 Å².